The van der Waals surface area contributed by atoms with E-state index in [4.69, 9.17) is 9.15 Å². The van der Waals surface area contributed by atoms with Gasteiger partial charge in [-0.1, -0.05) is 0 Å². The zero-order chi connectivity index (χ0) is 15.2. The normalized spacial score (nSPS) is 10.2. The third-order valence-corrected chi connectivity index (χ3v) is 3.18. The van der Waals surface area contributed by atoms with Gasteiger partial charge in [0.15, 0.2) is 6.61 Å². The number of hydrogen-bond acceptors (Lipinski definition) is 4. The molecule has 1 heterocycles. The van der Waals surface area contributed by atoms with Gasteiger partial charge in [0.2, 0.25) is 0 Å². The molecule has 0 aliphatic heterocycles. The second-order valence-electron chi connectivity index (χ2n) is 4.06. The van der Waals surface area contributed by atoms with Gasteiger partial charge in [0, 0.05) is 4.47 Å². The zero-order valence-electron chi connectivity index (χ0n) is 10.8. The molecule has 0 saturated carbocycles. The van der Waals surface area contributed by atoms with E-state index in [0.29, 0.717) is 5.76 Å². The Bertz CT molecular complexity index is 642. The molecule has 1 aromatic carbocycles. The summed E-state index contributed by atoms with van der Waals surface area (Å²) >= 11 is 3.06. The van der Waals surface area contributed by atoms with Crippen LogP contribution in [-0.2, 0) is 16.1 Å². The lowest BCUT2D eigenvalue weighted by atomic mass is 10.2. The van der Waals surface area contributed by atoms with Crippen molar-refractivity contribution >= 4 is 27.8 Å². The molecule has 5 nitrogen and oxygen atoms in total. The SMILES string of the molecule is O=C(COC(=O)c1ccc(F)cc1Br)NCc1ccco1. The molecular formula is C14H11BrFNO4. The Balaban J connectivity index is 1.81. The third kappa shape index (κ3) is 4.42. The van der Waals surface area contributed by atoms with Gasteiger partial charge in [0.25, 0.3) is 5.91 Å². The van der Waals surface area contributed by atoms with Crippen molar-refractivity contribution in [1.29, 1.82) is 0 Å². The van der Waals surface area contributed by atoms with Crippen LogP contribution in [0.1, 0.15) is 16.1 Å². The Morgan fingerprint density at radius 2 is 2.14 bits per heavy atom. The minimum absolute atomic E-state index is 0.148. The van der Waals surface area contributed by atoms with Gasteiger partial charge < -0.3 is 14.5 Å². The van der Waals surface area contributed by atoms with Crippen molar-refractivity contribution in [3.05, 3.63) is 58.2 Å². The van der Waals surface area contributed by atoms with Crippen LogP contribution in [0.2, 0.25) is 0 Å². The first-order valence-electron chi connectivity index (χ1n) is 5.97. The van der Waals surface area contributed by atoms with Crippen LogP contribution in [0.4, 0.5) is 4.39 Å². The van der Waals surface area contributed by atoms with Crippen molar-refractivity contribution < 1.29 is 23.1 Å². The van der Waals surface area contributed by atoms with E-state index in [1.54, 1.807) is 12.1 Å². The van der Waals surface area contributed by atoms with E-state index >= 15 is 0 Å². The molecule has 0 fully saturated rings. The molecule has 110 valence electrons. The molecule has 0 aliphatic rings. The van der Waals surface area contributed by atoms with Gasteiger partial charge in [-0.2, -0.15) is 0 Å². The van der Waals surface area contributed by atoms with Gasteiger partial charge in [0.05, 0.1) is 18.4 Å². The van der Waals surface area contributed by atoms with E-state index in [9.17, 15) is 14.0 Å². The molecule has 0 unspecified atom stereocenters. The Hall–Kier alpha value is -2.15. The number of amides is 1. The molecular weight excluding hydrogens is 345 g/mol. The van der Waals surface area contributed by atoms with Crippen LogP contribution in [0.15, 0.2) is 45.5 Å². The van der Waals surface area contributed by atoms with Crippen molar-refractivity contribution in [2.45, 2.75) is 6.54 Å². The lowest BCUT2D eigenvalue weighted by molar-refractivity contribution is -0.124. The summed E-state index contributed by atoms with van der Waals surface area (Å²) in [5.74, 6) is -1.06. The fraction of sp³-hybridized carbons (Fsp3) is 0.143. The third-order valence-electron chi connectivity index (χ3n) is 2.53. The Morgan fingerprint density at radius 3 is 2.81 bits per heavy atom. The van der Waals surface area contributed by atoms with Gasteiger partial charge >= 0.3 is 5.97 Å². The Kier molecular flexibility index (Phi) is 5.10. The molecule has 0 radical (unpaired) electrons. The number of carbonyl (C=O) groups excluding carboxylic acids is 2. The smallest absolute Gasteiger partial charge is 0.339 e. The molecule has 0 aliphatic carbocycles. The monoisotopic (exact) mass is 355 g/mol. The number of rotatable bonds is 5. The van der Waals surface area contributed by atoms with E-state index in [1.165, 1.54) is 12.3 Å². The summed E-state index contributed by atoms with van der Waals surface area (Å²) in [7, 11) is 0. The first kappa shape index (κ1) is 15.2. The molecule has 21 heavy (non-hydrogen) atoms. The lowest BCUT2D eigenvalue weighted by Gasteiger charge is -2.07. The van der Waals surface area contributed by atoms with Gasteiger partial charge in [-0.3, -0.25) is 4.79 Å². The van der Waals surface area contributed by atoms with E-state index in [0.717, 1.165) is 12.1 Å². The molecule has 2 aromatic rings. The van der Waals surface area contributed by atoms with Crippen molar-refractivity contribution in [3.63, 3.8) is 0 Å². The molecule has 1 aromatic heterocycles. The van der Waals surface area contributed by atoms with E-state index in [-0.39, 0.29) is 16.6 Å². The van der Waals surface area contributed by atoms with Crippen LogP contribution < -0.4 is 5.32 Å². The topological polar surface area (TPSA) is 68.5 Å². The summed E-state index contributed by atoms with van der Waals surface area (Å²) in [6, 6.07) is 6.98. The summed E-state index contributed by atoms with van der Waals surface area (Å²) in [6.07, 6.45) is 1.49. The highest BCUT2D eigenvalue weighted by Gasteiger charge is 2.14. The van der Waals surface area contributed by atoms with Crippen molar-refractivity contribution in [2.24, 2.45) is 0 Å². The van der Waals surface area contributed by atoms with Crippen molar-refractivity contribution in [2.75, 3.05) is 6.61 Å². The number of esters is 1. The molecule has 1 N–H and O–H groups in total. The maximum Gasteiger partial charge on any atom is 0.339 e. The molecule has 0 saturated heterocycles. The van der Waals surface area contributed by atoms with Crippen LogP contribution >= 0.6 is 15.9 Å². The number of carbonyl (C=O) groups is 2. The fourth-order valence-corrected chi connectivity index (χ4v) is 2.03. The minimum atomic E-state index is -0.713. The highest BCUT2D eigenvalue weighted by atomic mass is 79.9. The number of benzene rings is 1. The highest BCUT2D eigenvalue weighted by molar-refractivity contribution is 9.10. The van der Waals surface area contributed by atoms with Gasteiger partial charge in [-0.15, -0.1) is 0 Å². The van der Waals surface area contributed by atoms with Gasteiger partial charge in [-0.05, 0) is 46.3 Å². The second-order valence-corrected chi connectivity index (χ2v) is 4.91. The maximum atomic E-state index is 12.9. The predicted octanol–water partition coefficient (Wildman–Crippen LogP) is 2.65. The maximum absolute atomic E-state index is 12.9. The average molecular weight is 356 g/mol. The predicted molar refractivity (Wildman–Crippen MR) is 74.9 cm³/mol. The van der Waals surface area contributed by atoms with Crippen LogP contribution in [-0.4, -0.2) is 18.5 Å². The second kappa shape index (κ2) is 7.03. The summed E-state index contributed by atoms with van der Waals surface area (Å²) in [4.78, 5) is 23.3. The first-order valence-corrected chi connectivity index (χ1v) is 6.77. The van der Waals surface area contributed by atoms with E-state index < -0.39 is 24.3 Å². The summed E-state index contributed by atoms with van der Waals surface area (Å²) < 4.78 is 23.1. The van der Waals surface area contributed by atoms with Crippen LogP contribution in [0.5, 0.6) is 0 Å². The minimum Gasteiger partial charge on any atom is -0.467 e. The summed E-state index contributed by atoms with van der Waals surface area (Å²) in [6.45, 7) is -0.215. The van der Waals surface area contributed by atoms with Crippen LogP contribution in [0.25, 0.3) is 0 Å². The van der Waals surface area contributed by atoms with Gasteiger partial charge in [-0.25, -0.2) is 9.18 Å². The molecule has 7 heteroatoms. The van der Waals surface area contributed by atoms with Crippen LogP contribution in [0, 0.1) is 5.82 Å². The lowest BCUT2D eigenvalue weighted by Crippen LogP contribution is -2.28. The van der Waals surface area contributed by atoms with E-state index in [1.807, 2.05) is 0 Å². The quantitative estimate of drug-likeness (QED) is 0.837. The molecule has 0 bridgehead atoms. The standard InChI is InChI=1S/C14H11BrFNO4/c15-12-6-9(16)3-4-11(12)14(19)21-8-13(18)17-7-10-2-1-5-20-10/h1-6H,7-8H2,(H,17,18). The first-order chi connectivity index (χ1) is 10.1. The molecule has 0 spiro atoms. The van der Waals surface area contributed by atoms with E-state index in [2.05, 4.69) is 21.2 Å². The molecule has 2 rings (SSSR count). The van der Waals surface area contributed by atoms with Gasteiger partial charge in [0.1, 0.15) is 11.6 Å². The number of ether oxygens (including phenoxy) is 1. The molecule has 0 atom stereocenters. The number of furan rings is 1. The Labute approximate surface area is 128 Å². The zero-order valence-corrected chi connectivity index (χ0v) is 12.4. The van der Waals surface area contributed by atoms with Crippen molar-refractivity contribution in [3.8, 4) is 0 Å². The number of hydrogen-bond donors (Lipinski definition) is 1. The summed E-state index contributed by atoms with van der Waals surface area (Å²) in [5.41, 5.74) is 0.148. The summed E-state index contributed by atoms with van der Waals surface area (Å²) in [5, 5.41) is 2.53. The fourth-order valence-electron chi connectivity index (χ4n) is 1.51. The highest BCUT2D eigenvalue weighted by Crippen LogP contribution is 2.18. The van der Waals surface area contributed by atoms with Crippen molar-refractivity contribution in [1.82, 2.24) is 5.32 Å². The molecule has 1 amide bonds. The largest absolute Gasteiger partial charge is 0.467 e. The average Bonchev–Trinajstić information content (AvgIpc) is 2.95. The Morgan fingerprint density at radius 1 is 1.33 bits per heavy atom. The number of nitrogens with one attached hydrogen (secondary N) is 1. The van der Waals surface area contributed by atoms with Crippen LogP contribution in [0.3, 0.4) is 0 Å². The number of halogens is 2.